The zero-order chi connectivity index (χ0) is 22.0. The number of thiol groups is 1. The number of hydrogen-bond acceptors (Lipinski definition) is 6. The summed E-state index contributed by atoms with van der Waals surface area (Å²) in [5.74, 6) is 0.260. The maximum Gasteiger partial charge on any atom is 0.340 e. The molecule has 4 aromatic rings. The fourth-order valence-electron chi connectivity index (χ4n) is 3.06. The monoisotopic (exact) mass is 450 g/mol. The first-order valence-electron chi connectivity index (χ1n) is 9.26. The molecule has 0 N–H and O–H groups in total. The number of nitrogens with zero attached hydrogens (tertiary/aromatic N) is 4. The number of azo groups is 1. The Hall–Kier alpha value is -3.43. The molecule has 1 heterocycles. The van der Waals surface area contributed by atoms with Gasteiger partial charge in [-0.2, -0.15) is 0 Å². The zero-order valence-corrected chi connectivity index (χ0v) is 18.2. The Morgan fingerprint density at radius 1 is 0.742 bits per heavy atom. The Balaban J connectivity index is 1.85. The number of sulfone groups is 1. The van der Waals surface area contributed by atoms with E-state index in [1.54, 1.807) is 36.4 Å². The van der Waals surface area contributed by atoms with E-state index in [-0.39, 0.29) is 16.4 Å². The van der Waals surface area contributed by atoms with Gasteiger partial charge in [-0.1, -0.05) is 36.4 Å². The summed E-state index contributed by atoms with van der Waals surface area (Å²) in [5.41, 5.74) is 1.39. The summed E-state index contributed by atoms with van der Waals surface area (Å²) in [7, 11) is -3.30. The Bertz CT molecular complexity index is 1410. The predicted molar refractivity (Wildman–Crippen MR) is 122 cm³/mol. The van der Waals surface area contributed by atoms with Crippen molar-refractivity contribution >= 4 is 34.0 Å². The molecule has 0 aliphatic carbocycles. The van der Waals surface area contributed by atoms with Crippen LogP contribution in [0.3, 0.4) is 0 Å². The van der Waals surface area contributed by atoms with Gasteiger partial charge in [0.05, 0.1) is 22.0 Å². The molecule has 3 aromatic carbocycles. The third-order valence-electron chi connectivity index (χ3n) is 4.56. The minimum absolute atomic E-state index is 0.192. The second kappa shape index (κ2) is 8.37. The molecule has 0 unspecified atom stereocenters. The molecule has 0 fully saturated rings. The molecule has 0 atom stereocenters. The topological polar surface area (TPSA) is 85.8 Å². The lowest BCUT2D eigenvalue weighted by Crippen LogP contribution is -2.22. The molecule has 0 bridgehead atoms. The molecule has 7 nitrogen and oxygen atoms in total. The molecule has 9 heteroatoms. The van der Waals surface area contributed by atoms with E-state index in [1.165, 1.54) is 21.3 Å². The van der Waals surface area contributed by atoms with Gasteiger partial charge in [0, 0.05) is 6.26 Å². The molecule has 4 rings (SSSR count). The van der Waals surface area contributed by atoms with Gasteiger partial charge in [0.25, 0.3) is 0 Å². The van der Waals surface area contributed by atoms with Gasteiger partial charge in [0.2, 0.25) is 0 Å². The van der Waals surface area contributed by atoms with Crippen molar-refractivity contribution in [1.82, 2.24) is 9.13 Å². The molecule has 1 aromatic heterocycles. The Morgan fingerprint density at radius 3 is 1.77 bits per heavy atom. The average molecular weight is 451 g/mol. The first kappa shape index (κ1) is 20.8. The number of aromatic nitrogens is 2. The number of benzene rings is 3. The van der Waals surface area contributed by atoms with Crippen LogP contribution in [0.25, 0.3) is 11.4 Å². The normalized spacial score (nSPS) is 11.8. The number of hydrogen-bond donors (Lipinski definition) is 1. The van der Waals surface area contributed by atoms with Crippen LogP contribution in [-0.2, 0) is 9.84 Å². The summed E-state index contributed by atoms with van der Waals surface area (Å²) in [4.78, 5) is 13.5. The number of para-hydroxylation sites is 2. The van der Waals surface area contributed by atoms with Crippen molar-refractivity contribution in [2.75, 3.05) is 6.26 Å². The average Bonchev–Trinajstić information content (AvgIpc) is 3.02. The van der Waals surface area contributed by atoms with Crippen molar-refractivity contribution in [3.63, 3.8) is 0 Å². The van der Waals surface area contributed by atoms with Gasteiger partial charge in [-0.25, -0.2) is 17.8 Å². The maximum atomic E-state index is 13.3. The SMILES string of the molecule is CS(=O)(=O)c1ccc(N=Nc2c(S)n(-c3ccccc3)c(=O)n2-c2ccccc2)cc1. The highest BCUT2D eigenvalue weighted by Crippen LogP contribution is 2.29. The highest BCUT2D eigenvalue weighted by molar-refractivity contribution is 7.90. The Morgan fingerprint density at radius 2 is 1.26 bits per heavy atom. The summed E-state index contributed by atoms with van der Waals surface area (Å²) in [6.07, 6.45) is 1.14. The van der Waals surface area contributed by atoms with E-state index in [9.17, 15) is 13.2 Å². The molecule has 0 spiro atoms. The van der Waals surface area contributed by atoms with E-state index in [1.807, 2.05) is 36.4 Å². The van der Waals surface area contributed by atoms with Gasteiger partial charge in [-0.3, -0.25) is 4.57 Å². The third-order valence-corrected chi connectivity index (χ3v) is 6.09. The van der Waals surface area contributed by atoms with Crippen LogP contribution in [0.15, 0.2) is 110 Å². The van der Waals surface area contributed by atoms with E-state index in [2.05, 4.69) is 22.9 Å². The summed E-state index contributed by atoms with van der Waals surface area (Å²) >= 11 is 4.57. The van der Waals surface area contributed by atoms with Crippen molar-refractivity contribution in [2.24, 2.45) is 10.2 Å². The van der Waals surface area contributed by atoms with Crippen molar-refractivity contribution < 1.29 is 8.42 Å². The van der Waals surface area contributed by atoms with Gasteiger partial charge in [-0.05, 0) is 48.5 Å². The van der Waals surface area contributed by atoms with Gasteiger partial charge in [0.1, 0.15) is 5.03 Å². The molecule has 31 heavy (non-hydrogen) atoms. The summed E-state index contributed by atoms with van der Waals surface area (Å²) in [6, 6.07) is 24.3. The van der Waals surface area contributed by atoms with Crippen LogP contribution in [0.2, 0.25) is 0 Å². The molecule has 0 aliphatic rings. The van der Waals surface area contributed by atoms with E-state index < -0.39 is 9.84 Å². The smallest absolute Gasteiger partial charge is 0.253 e. The van der Waals surface area contributed by atoms with Gasteiger partial charge in [-0.15, -0.1) is 22.9 Å². The quantitative estimate of drug-likeness (QED) is 0.352. The zero-order valence-electron chi connectivity index (χ0n) is 16.5. The molecular formula is C22H18N4O3S2. The molecule has 0 aliphatic heterocycles. The fraction of sp³-hybridized carbons (Fsp3) is 0.0455. The van der Waals surface area contributed by atoms with Gasteiger partial charge >= 0.3 is 5.69 Å². The van der Waals surface area contributed by atoms with Crippen molar-refractivity contribution in [3.8, 4) is 11.4 Å². The van der Waals surface area contributed by atoms with Crippen LogP contribution in [0.1, 0.15) is 0 Å². The Kier molecular flexibility index (Phi) is 5.62. The van der Waals surface area contributed by atoms with Crippen LogP contribution < -0.4 is 5.69 Å². The second-order valence-electron chi connectivity index (χ2n) is 6.74. The molecule has 156 valence electrons. The maximum absolute atomic E-state index is 13.3. The van der Waals surface area contributed by atoms with E-state index in [0.29, 0.717) is 22.1 Å². The van der Waals surface area contributed by atoms with Gasteiger partial charge in [0.15, 0.2) is 15.7 Å². The lowest BCUT2D eigenvalue weighted by atomic mass is 10.3. The van der Waals surface area contributed by atoms with Crippen LogP contribution >= 0.6 is 12.6 Å². The lowest BCUT2D eigenvalue weighted by Gasteiger charge is -2.03. The van der Waals surface area contributed by atoms with Crippen LogP contribution in [0.4, 0.5) is 11.5 Å². The fourth-order valence-corrected chi connectivity index (χ4v) is 4.03. The van der Waals surface area contributed by atoms with Crippen molar-refractivity contribution in [1.29, 1.82) is 0 Å². The first-order valence-corrected chi connectivity index (χ1v) is 11.6. The van der Waals surface area contributed by atoms with Crippen LogP contribution in [0.5, 0.6) is 0 Å². The van der Waals surface area contributed by atoms with E-state index in [4.69, 9.17) is 0 Å². The molecular weight excluding hydrogens is 432 g/mol. The lowest BCUT2D eigenvalue weighted by molar-refractivity contribution is 0.602. The number of imidazole rings is 1. The summed E-state index contributed by atoms with van der Waals surface area (Å²) in [6.45, 7) is 0. The predicted octanol–water partition coefficient (Wildman–Crippen LogP) is 4.74. The molecule has 0 radical (unpaired) electrons. The van der Waals surface area contributed by atoms with E-state index in [0.717, 1.165) is 6.26 Å². The number of rotatable bonds is 5. The largest absolute Gasteiger partial charge is 0.340 e. The minimum atomic E-state index is -3.30. The molecule has 0 amide bonds. The van der Waals surface area contributed by atoms with Gasteiger partial charge < -0.3 is 0 Å². The Labute approximate surface area is 184 Å². The third kappa shape index (κ3) is 4.23. The molecule has 0 saturated carbocycles. The highest BCUT2D eigenvalue weighted by Gasteiger charge is 2.20. The highest BCUT2D eigenvalue weighted by atomic mass is 32.2. The second-order valence-corrected chi connectivity index (χ2v) is 9.18. The first-order chi connectivity index (χ1) is 14.9. The minimum Gasteiger partial charge on any atom is -0.253 e. The summed E-state index contributed by atoms with van der Waals surface area (Å²) in [5, 5.41) is 8.83. The van der Waals surface area contributed by atoms with Crippen LogP contribution in [-0.4, -0.2) is 23.8 Å². The molecule has 0 saturated heterocycles. The summed E-state index contributed by atoms with van der Waals surface area (Å²) < 4.78 is 26.2. The standard InChI is InChI=1S/C22H18N4O3S2/c1-31(28,29)19-14-12-16(13-15-19)23-24-20-21(30)26(18-10-6-3-7-11-18)22(27)25(20)17-8-4-2-5-9-17/h2-15,30H,1H3. The van der Waals surface area contributed by atoms with Crippen molar-refractivity contribution in [3.05, 3.63) is 95.4 Å². The van der Waals surface area contributed by atoms with Crippen molar-refractivity contribution in [2.45, 2.75) is 9.92 Å². The van der Waals surface area contributed by atoms with E-state index >= 15 is 0 Å². The van der Waals surface area contributed by atoms with Crippen LogP contribution in [0, 0.1) is 0 Å².